The Morgan fingerprint density at radius 3 is 2.85 bits per heavy atom. The Balaban J connectivity index is 1.43. The Morgan fingerprint density at radius 2 is 2.07 bits per heavy atom. The number of thiazole rings is 1. The summed E-state index contributed by atoms with van der Waals surface area (Å²) in [4.78, 5) is 15.8. The van der Waals surface area contributed by atoms with Crippen molar-refractivity contribution in [3.05, 3.63) is 42.9 Å². The van der Waals surface area contributed by atoms with Crippen LogP contribution in [0.4, 0.5) is 10.2 Å². The minimum absolute atomic E-state index is 0.425. The number of piperidine rings is 1. The standard InChI is InChI=1S/C19H17FN6S/c20-14-2-1-7-26(11-14)17-6-3-12(8-21-17)19-25-18-16(27-19)5-4-15(24-18)13-9-22-23-10-13/h3-6,8-10,14H,1-2,7,11H2,(H,22,23). The molecule has 0 spiro atoms. The number of rotatable bonds is 3. The van der Waals surface area contributed by atoms with Crippen molar-refractivity contribution in [1.29, 1.82) is 0 Å². The molecule has 6 nitrogen and oxygen atoms in total. The molecule has 0 saturated carbocycles. The molecular weight excluding hydrogens is 363 g/mol. The van der Waals surface area contributed by atoms with Crippen LogP contribution in [0.15, 0.2) is 42.9 Å². The number of fused-ring (bicyclic) bond motifs is 1. The molecule has 136 valence electrons. The first-order chi connectivity index (χ1) is 13.3. The first-order valence-electron chi connectivity index (χ1n) is 8.88. The van der Waals surface area contributed by atoms with Gasteiger partial charge in [-0.25, -0.2) is 19.3 Å². The number of hydrogen-bond acceptors (Lipinski definition) is 6. The van der Waals surface area contributed by atoms with Crippen molar-refractivity contribution in [3.8, 4) is 21.8 Å². The van der Waals surface area contributed by atoms with E-state index in [9.17, 15) is 4.39 Å². The average Bonchev–Trinajstić information content (AvgIpc) is 3.37. The summed E-state index contributed by atoms with van der Waals surface area (Å²) >= 11 is 1.59. The Labute approximate surface area is 159 Å². The van der Waals surface area contributed by atoms with E-state index >= 15 is 0 Å². The summed E-state index contributed by atoms with van der Waals surface area (Å²) in [7, 11) is 0. The Bertz CT molecular complexity index is 1060. The van der Waals surface area contributed by atoms with E-state index in [-0.39, 0.29) is 0 Å². The monoisotopic (exact) mass is 380 g/mol. The summed E-state index contributed by atoms with van der Waals surface area (Å²) in [6.45, 7) is 1.28. The van der Waals surface area contributed by atoms with Gasteiger partial charge in [0.1, 0.15) is 17.0 Å². The number of anilines is 1. The van der Waals surface area contributed by atoms with Crippen LogP contribution in [0.5, 0.6) is 0 Å². The molecule has 4 aromatic heterocycles. The van der Waals surface area contributed by atoms with Gasteiger partial charge in [0.15, 0.2) is 5.65 Å². The molecule has 1 aliphatic rings. The van der Waals surface area contributed by atoms with Gasteiger partial charge in [0.2, 0.25) is 0 Å². The molecule has 1 N–H and O–H groups in total. The first-order valence-corrected chi connectivity index (χ1v) is 9.70. The number of nitrogens with one attached hydrogen (secondary N) is 1. The largest absolute Gasteiger partial charge is 0.354 e. The van der Waals surface area contributed by atoms with Crippen molar-refractivity contribution < 1.29 is 4.39 Å². The average molecular weight is 380 g/mol. The molecule has 0 aromatic carbocycles. The minimum atomic E-state index is -0.764. The van der Waals surface area contributed by atoms with Crippen LogP contribution >= 0.6 is 11.3 Å². The second kappa shape index (κ2) is 6.70. The number of aromatic amines is 1. The van der Waals surface area contributed by atoms with E-state index in [1.54, 1.807) is 17.5 Å². The zero-order valence-electron chi connectivity index (χ0n) is 14.5. The van der Waals surface area contributed by atoms with Crippen LogP contribution in [0, 0.1) is 0 Å². The highest BCUT2D eigenvalue weighted by atomic mass is 32.1. The smallest absolute Gasteiger partial charge is 0.171 e. The highest BCUT2D eigenvalue weighted by molar-refractivity contribution is 7.21. The molecule has 1 fully saturated rings. The van der Waals surface area contributed by atoms with E-state index in [0.29, 0.717) is 18.6 Å². The topological polar surface area (TPSA) is 70.6 Å². The molecule has 1 atom stereocenters. The molecule has 5 rings (SSSR count). The number of nitrogens with zero attached hydrogens (tertiary/aromatic N) is 5. The number of alkyl halides is 1. The summed E-state index contributed by atoms with van der Waals surface area (Å²) in [5.74, 6) is 0.822. The SMILES string of the molecule is FC1CCCN(c2ccc(-c3nc4nc(-c5cn[nH]c5)ccc4s3)cn2)C1. The number of aromatic nitrogens is 5. The molecule has 27 heavy (non-hydrogen) atoms. The normalized spacial score (nSPS) is 17.5. The molecule has 1 saturated heterocycles. The van der Waals surface area contributed by atoms with Crippen LogP contribution < -0.4 is 4.90 Å². The van der Waals surface area contributed by atoms with Gasteiger partial charge in [-0.05, 0) is 37.1 Å². The fraction of sp³-hybridized carbons (Fsp3) is 0.263. The first kappa shape index (κ1) is 16.3. The second-order valence-corrected chi connectivity index (χ2v) is 7.65. The van der Waals surface area contributed by atoms with Crippen molar-refractivity contribution >= 4 is 27.5 Å². The van der Waals surface area contributed by atoms with Gasteiger partial charge in [0.25, 0.3) is 0 Å². The third-order valence-corrected chi connectivity index (χ3v) is 5.79. The molecule has 8 heteroatoms. The fourth-order valence-corrected chi connectivity index (χ4v) is 4.22. The fourth-order valence-electron chi connectivity index (χ4n) is 3.33. The zero-order chi connectivity index (χ0) is 18.2. The lowest BCUT2D eigenvalue weighted by Crippen LogP contribution is -2.36. The van der Waals surface area contributed by atoms with Crippen molar-refractivity contribution in [2.75, 3.05) is 18.0 Å². The van der Waals surface area contributed by atoms with Crippen molar-refractivity contribution in [2.24, 2.45) is 0 Å². The molecule has 1 unspecified atom stereocenters. The van der Waals surface area contributed by atoms with Gasteiger partial charge in [-0.2, -0.15) is 5.10 Å². The molecule has 0 amide bonds. The summed E-state index contributed by atoms with van der Waals surface area (Å²) in [6, 6.07) is 7.95. The number of halogens is 1. The van der Waals surface area contributed by atoms with Crippen molar-refractivity contribution in [2.45, 2.75) is 19.0 Å². The van der Waals surface area contributed by atoms with E-state index in [4.69, 9.17) is 0 Å². The maximum atomic E-state index is 13.6. The predicted molar refractivity (Wildman–Crippen MR) is 105 cm³/mol. The molecule has 0 bridgehead atoms. The highest BCUT2D eigenvalue weighted by Crippen LogP contribution is 2.31. The Morgan fingerprint density at radius 1 is 1.11 bits per heavy atom. The minimum Gasteiger partial charge on any atom is -0.354 e. The lowest BCUT2D eigenvalue weighted by atomic mass is 10.1. The van der Waals surface area contributed by atoms with Gasteiger partial charge in [0, 0.05) is 30.1 Å². The quantitative estimate of drug-likeness (QED) is 0.580. The van der Waals surface area contributed by atoms with E-state index in [1.807, 2.05) is 41.6 Å². The second-order valence-electron chi connectivity index (χ2n) is 6.61. The van der Waals surface area contributed by atoms with E-state index < -0.39 is 6.17 Å². The maximum Gasteiger partial charge on any atom is 0.171 e. The van der Waals surface area contributed by atoms with Crippen LogP contribution in [0.2, 0.25) is 0 Å². The van der Waals surface area contributed by atoms with Crippen LogP contribution in [-0.2, 0) is 0 Å². The molecule has 5 heterocycles. The van der Waals surface area contributed by atoms with Crippen molar-refractivity contribution in [1.82, 2.24) is 25.1 Å². The highest BCUT2D eigenvalue weighted by Gasteiger charge is 2.20. The lowest BCUT2D eigenvalue weighted by Gasteiger charge is -2.29. The summed E-state index contributed by atoms with van der Waals surface area (Å²) in [5.41, 5.74) is 3.44. The molecular formula is C19H17FN6S. The summed E-state index contributed by atoms with van der Waals surface area (Å²) in [6.07, 6.45) is 6.12. The van der Waals surface area contributed by atoms with E-state index in [2.05, 4.69) is 25.1 Å². The lowest BCUT2D eigenvalue weighted by molar-refractivity contribution is 0.286. The van der Waals surface area contributed by atoms with Crippen LogP contribution in [0.3, 0.4) is 0 Å². The van der Waals surface area contributed by atoms with E-state index in [1.165, 1.54) is 0 Å². The molecule has 1 aliphatic heterocycles. The van der Waals surface area contributed by atoms with Crippen LogP contribution in [0.25, 0.3) is 32.2 Å². The Hall–Kier alpha value is -2.87. The zero-order valence-corrected chi connectivity index (χ0v) is 15.3. The van der Waals surface area contributed by atoms with Crippen molar-refractivity contribution in [3.63, 3.8) is 0 Å². The number of pyridine rings is 2. The van der Waals surface area contributed by atoms with Crippen LogP contribution in [-0.4, -0.2) is 44.4 Å². The summed E-state index contributed by atoms with van der Waals surface area (Å²) < 4.78 is 14.7. The van der Waals surface area contributed by atoms with Gasteiger partial charge in [-0.1, -0.05) is 0 Å². The van der Waals surface area contributed by atoms with Gasteiger partial charge in [0.05, 0.1) is 23.1 Å². The Kier molecular flexibility index (Phi) is 4.05. The van der Waals surface area contributed by atoms with Gasteiger partial charge < -0.3 is 4.90 Å². The van der Waals surface area contributed by atoms with E-state index in [0.717, 1.165) is 45.3 Å². The van der Waals surface area contributed by atoms with Crippen LogP contribution in [0.1, 0.15) is 12.8 Å². The summed E-state index contributed by atoms with van der Waals surface area (Å²) in [5, 5.41) is 7.64. The molecule has 4 aromatic rings. The van der Waals surface area contributed by atoms with Gasteiger partial charge >= 0.3 is 0 Å². The molecule has 0 radical (unpaired) electrons. The van der Waals surface area contributed by atoms with Gasteiger partial charge in [-0.15, -0.1) is 11.3 Å². The third kappa shape index (κ3) is 3.16. The number of H-pyrrole nitrogens is 1. The number of hydrogen-bond donors (Lipinski definition) is 1. The van der Waals surface area contributed by atoms with Gasteiger partial charge in [-0.3, -0.25) is 5.10 Å². The molecule has 0 aliphatic carbocycles. The maximum absolute atomic E-state index is 13.6. The third-order valence-electron chi connectivity index (χ3n) is 4.73. The predicted octanol–water partition coefficient (Wildman–Crippen LogP) is 4.08.